The lowest BCUT2D eigenvalue weighted by atomic mass is 9.84. The largest absolute Gasteiger partial charge is 0.466 e. The lowest BCUT2D eigenvalue weighted by molar-refractivity contribution is -0.150. The summed E-state index contributed by atoms with van der Waals surface area (Å²) in [5.74, 6) is -0.652. The second kappa shape index (κ2) is 9.04. The van der Waals surface area contributed by atoms with Crippen LogP contribution < -0.4 is 5.32 Å². The Hall–Kier alpha value is -1.59. The van der Waals surface area contributed by atoms with Crippen molar-refractivity contribution in [1.29, 1.82) is 0 Å². The number of rotatable bonds is 6. The van der Waals surface area contributed by atoms with E-state index in [2.05, 4.69) is 5.32 Å². The van der Waals surface area contributed by atoms with Crippen LogP contribution in [0.3, 0.4) is 0 Å². The Balaban J connectivity index is 2.05. The van der Waals surface area contributed by atoms with Gasteiger partial charge in [0.2, 0.25) is 0 Å². The second-order valence-corrected chi connectivity index (χ2v) is 6.34. The zero-order valence-electron chi connectivity index (χ0n) is 14.1. The van der Waals surface area contributed by atoms with Gasteiger partial charge in [-0.2, -0.15) is 0 Å². The van der Waals surface area contributed by atoms with Gasteiger partial charge in [-0.3, -0.25) is 4.79 Å². The van der Waals surface area contributed by atoms with Gasteiger partial charge in [-0.1, -0.05) is 24.4 Å². The Morgan fingerprint density at radius 2 is 2.04 bits per heavy atom. The summed E-state index contributed by atoms with van der Waals surface area (Å²) in [4.78, 5) is 23.8. The van der Waals surface area contributed by atoms with Crippen molar-refractivity contribution in [3.8, 4) is 0 Å². The van der Waals surface area contributed by atoms with E-state index >= 15 is 0 Å². The Morgan fingerprint density at radius 3 is 2.75 bits per heavy atom. The van der Waals surface area contributed by atoms with Gasteiger partial charge < -0.3 is 14.8 Å². The molecule has 0 aliphatic heterocycles. The van der Waals surface area contributed by atoms with Gasteiger partial charge >= 0.3 is 11.9 Å². The van der Waals surface area contributed by atoms with E-state index < -0.39 is 5.97 Å². The molecule has 0 saturated heterocycles. The zero-order chi connectivity index (χ0) is 17.5. The van der Waals surface area contributed by atoms with Crippen LogP contribution >= 0.6 is 11.6 Å². The number of esters is 2. The molecule has 1 aliphatic rings. The standard InChI is InChI=1S/C18H24ClNO4/c1-3-24-18(22)14-6-4-5-7-16(14)20-11-13-10-12(17(21)23-2)8-9-15(13)19/h8-10,14,16,20H,3-7,11H2,1-2H3/t14-,16+/m0/s1. The van der Waals surface area contributed by atoms with Gasteiger partial charge in [0.1, 0.15) is 0 Å². The molecular weight excluding hydrogens is 330 g/mol. The molecule has 0 heterocycles. The van der Waals surface area contributed by atoms with Crippen molar-refractivity contribution in [3.63, 3.8) is 0 Å². The van der Waals surface area contributed by atoms with Crippen LogP contribution in [0.25, 0.3) is 0 Å². The summed E-state index contributed by atoms with van der Waals surface area (Å²) in [6.45, 7) is 2.71. The quantitative estimate of drug-likeness (QED) is 0.794. The van der Waals surface area contributed by atoms with Gasteiger partial charge in [0.05, 0.1) is 25.2 Å². The summed E-state index contributed by atoms with van der Waals surface area (Å²) in [7, 11) is 1.35. The number of carbonyl (C=O) groups excluding carboxylic acids is 2. The Kier molecular flexibility index (Phi) is 7.06. The first-order valence-corrected chi connectivity index (χ1v) is 8.71. The third-order valence-electron chi connectivity index (χ3n) is 4.38. The maximum Gasteiger partial charge on any atom is 0.337 e. The molecular formula is C18H24ClNO4. The molecule has 1 aromatic carbocycles. The summed E-state index contributed by atoms with van der Waals surface area (Å²) in [6.07, 6.45) is 3.90. The van der Waals surface area contributed by atoms with Gasteiger partial charge in [0.15, 0.2) is 0 Å². The molecule has 2 rings (SSSR count). The molecule has 1 aliphatic carbocycles. The zero-order valence-corrected chi connectivity index (χ0v) is 14.9. The van der Waals surface area contributed by atoms with E-state index in [0.717, 1.165) is 31.2 Å². The minimum absolute atomic E-state index is 0.0654. The maximum atomic E-state index is 12.1. The van der Waals surface area contributed by atoms with E-state index in [0.29, 0.717) is 23.7 Å². The first-order chi connectivity index (χ1) is 11.6. The summed E-state index contributed by atoms with van der Waals surface area (Å²) < 4.78 is 9.92. The molecule has 6 heteroatoms. The fraction of sp³-hybridized carbons (Fsp3) is 0.556. The van der Waals surface area contributed by atoms with Crippen LogP contribution in [0.1, 0.15) is 48.5 Å². The molecule has 0 unspecified atom stereocenters. The van der Waals surface area contributed by atoms with Gasteiger partial charge in [-0.25, -0.2) is 4.79 Å². The minimum atomic E-state index is -0.394. The Labute approximate surface area is 147 Å². The highest BCUT2D eigenvalue weighted by atomic mass is 35.5. The van der Waals surface area contributed by atoms with E-state index in [-0.39, 0.29) is 17.9 Å². The summed E-state index contributed by atoms with van der Waals surface area (Å²) in [5.41, 5.74) is 1.28. The smallest absolute Gasteiger partial charge is 0.337 e. The van der Waals surface area contributed by atoms with Crippen LogP contribution in [0.15, 0.2) is 18.2 Å². The van der Waals surface area contributed by atoms with Crippen LogP contribution in [-0.2, 0) is 20.8 Å². The van der Waals surface area contributed by atoms with E-state index in [1.807, 2.05) is 6.92 Å². The number of benzene rings is 1. The van der Waals surface area contributed by atoms with Gasteiger partial charge in [0.25, 0.3) is 0 Å². The lowest BCUT2D eigenvalue weighted by Gasteiger charge is -2.30. The number of hydrogen-bond acceptors (Lipinski definition) is 5. The molecule has 0 radical (unpaired) electrons. The third kappa shape index (κ3) is 4.71. The van der Waals surface area contributed by atoms with Crippen molar-refractivity contribution in [1.82, 2.24) is 5.32 Å². The molecule has 1 N–H and O–H groups in total. The lowest BCUT2D eigenvalue weighted by Crippen LogP contribution is -2.42. The molecule has 132 valence electrons. The van der Waals surface area contributed by atoms with Gasteiger partial charge in [-0.15, -0.1) is 0 Å². The van der Waals surface area contributed by atoms with Gasteiger partial charge in [-0.05, 0) is 43.5 Å². The Morgan fingerprint density at radius 1 is 1.29 bits per heavy atom. The summed E-state index contributed by atoms with van der Waals surface area (Å²) in [5, 5.41) is 4.00. The van der Waals surface area contributed by atoms with E-state index in [4.69, 9.17) is 21.1 Å². The first-order valence-electron chi connectivity index (χ1n) is 8.33. The van der Waals surface area contributed by atoms with Crippen molar-refractivity contribution in [2.75, 3.05) is 13.7 Å². The predicted octanol–water partition coefficient (Wildman–Crippen LogP) is 3.34. The third-order valence-corrected chi connectivity index (χ3v) is 4.75. The predicted molar refractivity (Wildman–Crippen MR) is 92.0 cm³/mol. The number of hydrogen-bond donors (Lipinski definition) is 1. The highest BCUT2D eigenvalue weighted by molar-refractivity contribution is 6.31. The number of carbonyl (C=O) groups is 2. The molecule has 2 atom stereocenters. The minimum Gasteiger partial charge on any atom is -0.466 e. The van der Waals surface area contributed by atoms with Crippen LogP contribution in [-0.4, -0.2) is 31.7 Å². The molecule has 0 aromatic heterocycles. The number of nitrogens with one attached hydrogen (secondary N) is 1. The first kappa shape index (κ1) is 18.7. The van der Waals surface area contributed by atoms with E-state index in [1.54, 1.807) is 18.2 Å². The van der Waals surface area contributed by atoms with E-state index in [9.17, 15) is 9.59 Å². The summed E-state index contributed by atoms with van der Waals surface area (Å²) in [6, 6.07) is 5.12. The second-order valence-electron chi connectivity index (χ2n) is 5.93. The summed E-state index contributed by atoms with van der Waals surface area (Å²) >= 11 is 6.23. The number of ether oxygens (including phenoxy) is 2. The molecule has 1 aromatic rings. The Bertz CT molecular complexity index is 590. The average molecular weight is 354 g/mol. The van der Waals surface area contributed by atoms with Crippen molar-refractivity contribution < 1.29 is 19.1 Å². The van der Waals surface area contributed by atoms with Crippen molar-refractivity contribution in [2.24, 2.45) is 5.92 Å². The number of methoxy groups -OCH3 is 1. The van der Waals surface area contributed by atoms with Crippen LogP contribution in [0.4, 0.5) is 0 Å². The molecule has 0 amide bonds. The van der Waals surface area contributed by atoms with Crippen molar-refractivity contribution >= 4 is 23.5 Å². The van der Waals surface area contributed by atoms with Crippen LogP contribution in [0.5, 0.6) is 0 Å². The maximum absolute atomic E-state index is 12.1. The fourth-order valence-corrected chi connectivity index (χ4v) is 3.29. The molecule has 0 bridgehead atoms. The number of halogens is 1. The highest BCUT2D eigenvalue weighted by Crippen LogP contribution is 2.27. The van der Waals surface area contributed by atoms with Crippen molar-refractivity contribution in [2.45, 2.75) is 45.2 Å². The monoisotopic (exact) mass is 353 g/mol. The molecule has 5 nitrogen and oxygen atoms in total. The molecule has 1 fully saturated rings. The van der Waals surface area contributed by atoms with E-state index in [1.165, 1.54) is 7.11 Å². The fourth-order valence-electron chi connectivity index (χ4n) is 3.10. The topological polar surface area (TPSA) is 64.6 Å². The normalized spacial score (nSPS) is 20.5. The van der Waals surface area contributed by atoms with Crippen LogP contribution in [0, 0.1) is 5.92 Å². The SMILES string of the molecule is CCOC(=O)[C@H]1CCCC[C@H]1NCc1cc(C(=O)OC)ccc1Cl. The van der Waals surface area contributed by atoms with Gasteiger partial charge in [0, 0.05) is 17.6 Å². The molecule has 0 spiro atoms. The highest BCUT2D eigenvalue weighted by Gasteiger charge is 2.31. The molecule has 24 heavy (non-hydrogen) atoms. The average Bonchev–Trinajstić information content (AvgIpc) is 2.60. The molecule has 1 saturated carbocycles. The van der Waals surface area contributed by atoms with Crippen LogP contribution in [0.2, 0.25) is 5.02 Å². The van der Waals surface area contributed by atoms with Crippen molar-refractivity contribution in [3.05, 3.63) is 34.3 Å².